The molecule has 0 spiro atoms. The molecule has 19 heteroatoms. The lowest BCUT2D eigenvalue weighted by Crippen LogP contribution is -2.06. The number of ether oxygens (including phenoxy) is 1. The number of carbonyl (C=O) groups excluding carboxylic acids is 1. The molecule has 0 radical (unpaired) electrons. The largest absolute Gasteiger partial charge is 0.487 e. The fraction of sp³-hybridized carbons (Fsp3) is 0.929. The summed E-state index contributed by atoms with van der Waals surface area (Å²) < 4.78 is 29.3. The molecule has 0 fully saturated rings. The summed E-state index contributed by atoms with van der Waals surface area (Å²) in [4.78, 5) is 12.1. The zero-order valence-corrected chi connectivity index (χ0v) is 37.8. The third kappa shape index (κ3) is 41.9. The predicted molar refractivity (Wildman–Crippen MR) is 240 cm³/mol. The van der Waals surface area contributed by atoms with E-state index in [0.29, 0.717) is 41.8 Å². The van der Waals surface area contributed by atoms with Gasteiger partial charge in [-0.2, -0.15) is 70.6 Å². The second-order valence-corrected chi connectivity index (χ2v) is 26.0. The Labute approximate surface area is 338 Å². The van der Waals surface area contributed by atoms with E-state index in [1.807, 2.05) is 106 Å². The minimum atomic E-state index is -0.785. The van der Waals surface area contributed by atoms with Crippen molar-refractivity contribution in [3.05, 3.63) is 0 Å². The monoisotopic (exact) mass is 902 g/mol. The molecule has 0 aromatic heterocycles. The Morgan fingerprint density at radius 1 is 0.532 bits per heavy atom. The second kappa shape index (κ2) is 42.0. The van der Waals surface area contributed by atoms with Gasteiger partial charge < -0.3 is 14.9 Å². The van der Waals surface area contributed by atoms with Crippen LogP contribution >= 0.6 is 130 Å². The van der Waals surface area contributed by atoms with E-state index in [4.69, 9.17) is 27.2 Å². The van der Waals surface area contributed by atoms with Crippen molar-refractivity contribution in [3.63, 3.8) is 0 Å². The molecule has 6 nitrogen and oxygen atoms in total. The molecule has 0 bridgehead atoms. The fourth-order valence-corrected chi connectivity index (χ4v) is 17.7. The highest BCUT2D eigenvalue weighted by atomic mass is 32.2. The number of aliphatic hydroxyl groups excluding tert-OH is 2. The zero-order chi connectivity index (χ0) is 34.5. The number of hydrogen-bond acceptors (Lipinski definition) is 17. The maximum atomic E-state index is 12.2. The van der Waals surface area contributed by atoms with Crippen LogP contribution in [0.4, 0.5) is 0 Å². The van der Waals surface area contributed by atoms with Gasteiger partial charge in [-0.25, -0.2) is 0 Å². The maximum absolute atomic E-state index is 12.2. The Bertz CT molecular complexity index is 770. The summed E-state index contributed by atoms with van der Waals surface area (Å²) in [7, 11) is -1.50. The molecule has 0 aliphatic rings. The Kier molecular flexibility index (Phi) is 45.0. The number of hydrogen-bond donors (Lipinski definition) is 2. The molecule has 0 aromatic rings. The van der Waals surface area contributed by atoms with Crippen LogP contribution < -0.4 is 0 Å². The number of thioether (sulfide) groups is 10. The van der Waals surface area contributed by atoms with E-state index in [9.17, 15) is 13.2 Å². The van der Waals surface area contributed by atoms with Crippen molar-refractivity contribution in [2.75, 3.05) is 114 Å². The van der Waals surface area contributed by atoms with Gasteiger partial charge >= 0.3 is 0 Å². The van der Waals surface area contributed by atoms with E-state index in [1.54, 1.807) is 0 Å². The molecule has 0 heterocycles. The van der Waals surface area contributed by atoms with Crippen molar-refractivity contribution in [3.8, 4) is 0 Å². The molecule has 0 amide bonds. The molecule has 2 atom stereocenters. The summed E-state index contributed by atoms with van der Waals surface area (Å²) in [5, 5.41) is 24.7. The van der Waals surface area contributed by atoms with Crippen molar-refractivity contribution in [1.82, 2.24) is 0 Å². The summed E-state index contributed by atoms with van der Waals surface area (Å²) in [5.41, 5.74) is 0. The van der Waals surface area contributed by atoms with Crippen LogP contribution in [0.2, 0.25) is 0 Å². The summed E-state index contributed by atoms with van der Waals surface area (Å²) in [6, 6.07) is 0. The summed E-state index contributed by atoms with van der Waals surface area (Å²) >= 11 is 23.6. The first-order valence-electron chi connectivity index (χ1n) is 15.4. The smallest absolute Gasteiger partial charge is 0.189 e. The number of carbonyl (C=O) groups is 1. The Hall–Kier alpha value is 3.28. The number of rotatable bonds is 38. The minimum Gasteiger partial charge on any atom is -0.487 e. The summed E-state index contributed by atoms with van der Waals surface area (Å²) in [5.74, 6) is 9.71. The van der Waals surface area contributed by atoms with Gasteiger partial charge in [0.15, 0.2) is 10.2 Å². The topological polar surface area (TPSA) is 101 Å². The van der Waals surface area contributed by atoms with Crippen molar-refractivity contribution in [2.45, 2.75) is 38.5 Å². The van der Waals surface area contributed by atoms with Gasteiger partial charge in [-0.3, -0.25) is 13.2 Å². The third-order valence-corrected chi connectivity index (χ3v) is 21.1. The van der Waals surface area contributed by atoms with Crippen molar-refractivity contribution in [1.29, 1.82) is 0 Å². The van der Waals surface area contributed by atoms with Crippen LogP contribution in [0, 0.1) is 0 Å². The van der Waals surface area contributed by atoms with Crippen LogP contribution in [0.15, 0.2) is 0 Å². The average Bonchev–Trinajstić information content (AvgIpc) is 3.06. The van der Waals surface area contributed by atoms with Crippen LogP contribution in [0.1, 0.15) is 38.5 Å². The fourth-order valence-electron chi connectivity index (χ4n) is 2.95. The molecule has 0 saturated heterocycles. The van der Waals surface area contributed by atoms with Gasteiger partial charge in [-0.05, 0) is 43.0 Å². The van der Waals surface area contributed by atoms with Crippen molar-refractivity contribution < 1.29 is 28.2 Å². The van der Waals surface area contributed by atoms with Gasteiger partial charge in [-0.1, -0.05) is 11.8 Å². The molecule has 280 valence electrons. The standard InChI is InChI=1S/C28H54O6S13/c29-7-1-9-34-28(35)6-13-39-24-43-22-37-11-4-19-47(33)20-16-41-26-44-25-40-14-15-45-27(31)5-12-38-23-42-21-36-10-3-18-46(32)17-2-8-30/h29-30H,1-26H2. The number of aliphatic hydroxyl groups is 2. The van der Waals surface area contributed by atoms with Crippen LogP contribution in [-0.2, 0) is 31.1 Å². The SMILES string of the molecule is O=C(CCSCSCSCCCS(=O)CCCO)SCCSCSCSCCS(=O)CCCSCSCSCCC(=S)OCCCO. The Balaban J connectivity index is 3.30. The van der Waals surface area contributed by atoms with Crippen LogP contribution in [0.25, 0.3) is 0 Å². The van der Waals surface area contributed by atoms with Gasteiger partial charge in [0.05, 0.1) is 6.61 Å². The lowest BCUT2D eigenvalue weighted by molar-refractivity contribution is -0.110. The normalized spacial score (nSPS) is 12.7. The quantitative estimate of drug-likeness (QED) is 0.0359. The van der Waals surface area contributed by atoms with Crippen LogP contribution in [0.5, 0.6) is 0 Å². The van der Waals surface area contributed by atoms with Gasteiger partial charge in [0.25, 0.3) is 0 Å². The number of thiocarbonyl (C=S) groups is 1. The first-order chi connectivity index (χ1) is 23.0. The van der Waals surface area contributed by atoms with E-state index in [0.717, 1.165) is 107 Å². The van der Waals surface area contributed by atoms with Crippen molar-refractivity contribution in [2.24, 2.45) is 0 Å². The highest BCUT2D eigenvalue weighted by molar-refractivity contribution is 8.24. The van der Waals surface area contributed by atoms with Gasteiger partial charge in [0, 0.05) is 136 Å². The highest BCUT2D eigenvalue weighted by Crippen LogP contribution is 2.22. The molecule has 0 aliphatic heterocycles. The van der Waals surface area contributed by atoms with Crippen LogP contribution in [0.3, 0.4) is 0 Å². The second-order valence-electron chi connectivity index (χ2n) is 9.27. The van der Waals surface area contributed by atoms with Gasteiger partial charge in [0.1, 0.15) is 0 Å². The van der Waals surface area contributed by atoms with Gasteiger partial charge in [-0.15, -0.1) is 35.3 Å². The molecule has 0 rings (SSSR count). The molecule has 0 aliphatic carbocycles. The van der Waals surface area contributed by atoms with E-state index < -0.39 is 21.6 Å². The molecule has 0 saturated carbocycles. The summed E-state index contributed by atoms with van der Waals surface area (Å²) in [6.07, 6.45) is 4.66. The first-order valence-corrected chi connectivity index (χ1v) is 30.2. The van der Waals surface area contributed by atoms with E-state index in [1.165, 1.54) is 11.8 Å². The Morgan fingerprint density at radius 3 is 1.57 bits per heavy atom. The lowest BCUT2D eigenvalue weighted by atomic mass is 10.5. The first kappa shape index (κ1) is 50.3. The predicted octanol–water partition coefficient (Wildman–Crippen LogP) is 7.76. The molecule has 0 aromatic carbocycles. The van der Waals surface area contributed by atoms with E-state index in [-0.39, 0.29) is 13.2 Å². The molecular weight excluding hydrogens is 849 g/mol. The lowest BCUT2D eigenvalue weighted by Gasteiger charge is -2.06. The Morgan fingerprint density at radius 2 is 1.00 bits per heavy atom. The van der Waals surface area contributed by atoms with E-state index >= 15 is 0 Å². The molecule has 47 heavy (non-hydrogen) atoms. The minimum absolute atomic E-state index is 0.122. The average molecular weight is 904 g/mol. The molecule has 2 N–H and O–H groups in total. The van der Waals surface area contributed by atoms with Crippen molar-refractivity contribution >= 4 is 162 Å². The van der Waals surface area contributed by atoms with Crippen LogP contribution in [-0.4, -0.2) is 142 Å². The third-order valence-electron chi connectivity index (χ3n) is 5.26. The highest BCUT2D eigenvalue weighted by Gasteiger charge is 2.05. The zero-order valence-electron chi connectivity index (χ0n) is 27.2. The molecular formula is C28H54O6S13. The summed E-state index contributed by atoms with van der Waals surface area (Å²) in [6.45, 7) is 0.764. The van der Waals surface area contributed by atoms with Gasteiger partial charge in [0.2, 0.25) is 0 Å². The maximum Gasteiger partial charge on any atom is 0.189 e. The van der Waals surface area contributed by atoms with E-state index in [2.05, 4.69) is 0 Å². The molecule has 2 unspecified atom stereocenters.